The van der Waals surface area contributed by atoms with E-state index in [1.165, 1.54) is 13.2 Å². The third kappa shape index (κ3) is 2.20. The Kier molecular flexibility index (Phi) is 4.02. The van der Waals surface area contributed by atoms with Crippen molar-refractivity contribution in [3.05, 3.63) is 12.7 Å². The summed E-state index contributed by atoms with van der Waals surface area (Å²) >= 11 is 0. The second kappa shape index (κ2) is 5.45. The molecule has 2 aliphatic rings. The fourth-order valence-corrected chi connectivity index (χ4v) is 2.97. The number of carbonyl (C=O) groups is 3. The highest BCUT2D eigenvalue weighted by atomic mass is 16.6. The maximum atomic E-state index is 12.1. The number of hydrogen-bond acceptors (Lipinski definition) is 7. The number of aliphatic hydroxyl groups is 1. The number of rotatable bonds is 4. The largest absolute Gasteiger partial charge is 0.469 e. The second-order valence-corrected chi connectivity index (χ2v) is 4.96. The van der Waals surface area contributed by atoms with Crippen LogP contribution in [-0.2, 0) is 28.6 Å². The minimum absolute atomic E-state index is 0.367. The van der Waals surface area contributed by atoms with Gasteiger partial charge in [0, 0.05) is 0 Å². The van der Waals surface area contributed by atoms with Crippen molar-refractivity contribution < 1.29 is 33.7 Å². The van der Waals surface area contributed by atoms with Crippen LogP contribution in [0.15, 0.2) is 12.7 Å². The molecule has 0 aliphatic carbocycles. The number of amides is 1. The van der Waals surface area contributed by atoms with E-state index < -0.39 is 47.6 Å². The number of hydrogen-bond donors (Lipinski definition) is 2. The van der Waals surface area contributed by atoms with Gasteiger partial charge < -0.3 is 24.6 Å². The van der Waals surface area contributed by atoms with Gasteiger partial charge in [-0.3, -0.25) is 9.59 Å². The summed E-state index contributed by atoms with van der Waals surface area (Å²) < 4.78 is 14.9. The Bertz CT molecular complexity index is 491. The van der Waals surface area contributed by atoms with E-state index in [9.17, 15) is 19.5 Å². The van der Waals surface area contributed by atoms with Crippen LogP contribution in [0.1, 0.15) is 6.42 Å². The third-order valence-electron chi connectivity index (χ3n) is 3.94. The van der Waals surface area contributed by atoms with Crippen molar-refractivity contribution in [3.8, 4) is 0 Å². The molecule has 8 heteroatoms. The molecule has 0 aromatic rings. The molecule has 0 aromatic heterocycles. The smallest absolute Gasteiger partial charge is 0.331 e. The number of nitrogens with one attached hydrogen (secondary N) is 1. The van der Waals surface area contributed by atoms with Gasteiger partial charge in [-0.2, -0.15) is 0 Å². The zero-order valence-electron chi connectivity index (χ0n) is 11.7. The molecular weight excluding hydrogens is 282 g/mol. The monoisotopic (exact) mass is 299 g/mol. The Morgan fingerprint density at radius 1 is 1.48 bits per heavy atom. The molecule has 2 heterocycles. The van der Waals surface area contributed by atoms with E-state index in [4.69, 9.17) is 4.74 Å². The van der Waals surface area contributed by atoms with Gasteiger partial charge in [0.25, 0.3) is 0 Å². The number of carbonyl (C=O) groups excluding carboxylic acids is 3. The number of aliphatic hydroxyl groups excluding tert-OH is 1. The maximum Gasteiger partial charge on any atom is 0.331 e. The summed E-state index contributed by atoms with van der Waals surface area (Å²) in [6.45, 7) is 3.52. The average molecular weight is 299 g/mol. The Labute approximate surface area is 121 Å². The molecular formula is C13H17NO7. The van der Waals surface area contributed by atoms with Crippen molar-refractivity contribution >= 4 is 17.8 Å². The van der Waals surface area contributed by atoms with Crippen molar-refractivity contribution in [1.82, 2.24) is 5.32 Å². The summed E-state index contributed by atoms with van der Waals surface area (Å²) in [7, 11) is 2.34. The van der Waals surface area contributed by atoms with Gasteiger partial charge >= 0.3 is 11.9 Å². The molecule has 0 spiro atoms. The van der Waals surface area contributed by atoms with Crippen molar-refractivity contribution in [3.63, 3.8) is 0 Å². The zero-order valence-corrected chi connectivity index (χ0v) is 11.7. The highest BCUT2D eigenvalue weighted by Gasteiger charge is 2.68. The first-order valence-corrected chi connectivity index (χ1v) is 6.34. The van der Waals surface area contributed by atoms with Crippen LogP contribution in [0.25, 0.3) is 0 Å². The highest BCUT2D eigenvalue weighted by molar-refractivity contribution is 5.94. The lowest BCUT2D eigenvalue weighted by Gasteiger charge is -2.30. The fourth-order valence-electron chi connectivity index (χ4n) is 2.97. The minimum Gasteiger partial charge on any atom is -0.469 e. The number of ether oxygens (including phenoxy) is 3. The molecule has 2 rings (SSSR count). The van der Waals surface area contributed by atoms with Crippen LogP contribution in [0.3, 0.4) is 0 Å². The first-order valence-electron chi connectivity index (χ1n) is 6.34. The molecule has 116 valence electrons. The van der Waals surface area contributed by atoms with Crippen LogP contribution in [0.2, 0.25) is 0 Å². The molecule has 2 aliphatic heterocycles. The van der Waals surface area contributed by atoms with Crippen LogP contribution in [0.4, 0.5) is 0 Å². The molecule has 0 saturated carbocycles. The predicted molar refractivity (Wildman–Crippen MR) is 67.9 cm³/mol. The lowest BCUT2D eigenvalue weighted by Crippen LogP contribution is -2.52. The molecule has 8 nitrogen and oxygen atoms in total. The molecule has 2 fully saturated rings. The van der Waals surface area contributed by atoms with Gasteiger partial charge in [-0.15, -0.1) is 6.58 Å². The Morgan fingerprint density at radius 3 is 2.67 bits per heavy atom. The van der Waals surface area contributed by atoms with Gasteiger partial charge in [0.1, 0.15) is 11.7 Å². The number of fused-ring (bicyclic) bond motifs is 1. The van der Waals surface area contributed by atoms with Crippen LogP contribution in [0.5, 0.6) is 0 Å². The summed E-state index contributed by atoms with van der Waals surface area (Å²) in [5.74, 6) is -3.08. The van der Waals surface area contributed by atoms with Gasteiger partial charge in [-0.25, -0.2) is 4.79 Å². The van der Waals surface area contributed by atoms with E-state index >= 15 is 0 Å². The molecule has 2 saturated heterocycles. The minimum atomic E-state index is -1.55. The molecule has 21 heavy (non-hydrogen) atoms. The van der Waals surface area contributed by atoms with E-state index in [-0.39, 0.29) is 6.42 Å². The summed E-state index contributed by atoms with van der Waals surface area (Å²) in [6, 6.07) is -1.20. The van der Waals surface area contributed by atoms with E-state index in [1.54, 1.807) is 0 Å². The third-order valence-corrected chi connectivity index (χ3v) is 3.94. The molecule has 0 aromatic carbocycles. The van der Waals surface area contributed by atoms with Crippen molar-refractivity contribution in [2.45, 2.75) is 30.3 Å². The SMILES string of the molecule is C=C[C@@H]1O[C@@]2(CC(=O)OC)[C@H](C(=O)OC)NC(=O)[C@H]2[C@@H]1O. The summed E-state index contributed by atoms with van der Waals surface area (Å²) in [4.78, 5) is 35.7. The molecule has 0 unspecified atom stereocenters. The standard InChI is InChI=1S/C13H17NO7/c1-4-6-9(16)8-11(17)14-10(12(18)20-3)13(8,21-6)5-7(15)19-2/h4,6,8-10,16H,1,5H2,2-3H3,(H,14,17)/t6-,8+,9+,10-,13+/m0/s1. The van der Waals surface area contributed by atoms with E-state index in [0.717, 1.165) is 7.11 Å². The average Bonchev–Trinajstić information content (AvgIpc) is 2.91. The van der Waals surface area contributed by atoms with Gasteiger partial charge in [-0.05, 0) is 0 Å². The second-order valence-electron chi connectivity index (χ2n) is 4.96. The summed E-state index contributed by atoms with van der Waals surface area (Å²) in [6.07, 6.45) is -1.11. The normalized spacial score (nSPS) is 37.6. The maximum absolute atomic E-state index is 12.1. The van der Waals surface area contributed by atoms with Crippen molar-refractivity contribution in [2.75, 3.05) is 14.2 Å². The molecule has 5 atom stereocenters. The zero-order chi connectivity index (χ0) is 15.8. The molecule has 1 amide bonds. The van der Waals surface area contributed by atoms with Gasteiger partial charge in [-0.1, -0.05) is 6.08 Å². The lowest BCUT2D eigenvalue weighted by atomic mass is 9.80. The number of esters is 2. The van der Waals surface area contributed by atoms with Crippen molar-refractivity contribution in [2.24, 2.45) is 5.92 Å². The van der Waals surface area contributed by atoms with Gasteiger partial charge in [0.05, 0.1) is 32.7 Å². The summed E-state index contributed by atoms with van der Waals surface area (Å²) in [5, 5.41) is 12.6. The molecule has 0 radical (unpaired) electrons. The summed E-state index contributed by atoms with van der Waals surface area (Å²) in [5.41, 5.74) is -1.55. The van der Waals surface area contributed by atoms with Crippen molar-refractivity contribution in [1.29, 1.82) is 0 Å². The van der Waals surface area contributed by atoms with Crippen LogP contribution in [0, 0.1) is 5.92 Å². The highest BCUT2D eigenvalue weighted by Crippen LogP contribution is 2.46. The van der Waals surface area contributed by atoms with Gasteiger partial charge in [0.2, 0.25) is 5.91 Å². The quantitative estimate of drug-likeness (QED) is 0.481. The molecule has 2 N–H and O–H groups in total. The Morgan fingerprint density at radius 2 is 2.14 bits per heavy atom. The van der Waals surface area contributed by atoms with E-state index in [1.807, 2.05) is 0 Å². The molecule has 0 bridgehead atoms. The fraction of sp³-hybridized carbons (Fsp3) is 0.615. The van der Waals surface area contributed by atoms with E-state index in [0.29, 0.717) is 0 Å². The van der Waals surface area contributed by atoms with Crippen LogP contribution >= 0.6 is 0 Å². The Hall–Kier alpha value is -1.93. The predicted octanol–water partition coefficient (Wildman–Crippen LogP) is -1.48. The first-order chi connectivity index (χ1) is 9.91. The lowest BCUT2D eigenvalue weighted by molar-refractivity contribution is -0.159. The number of methoxy groups -OCH3 is 2. The van der Waals surface area contributed by atoms with Gasteiger partial charge in [0.15, 0.2) is 6.04 Å². The Balaban J connectivity index is 2.46. The topological polar surface area (TPSA) is 111 Å². The van der Waals surface area contributed by atoms with Crippen LogP contribution < -0.4 is 5.32 Å². The van der Waals surface area contributed by atoms with Crippen LogP contribution in [-0.4, -0.2) is 61.0 Å². The van der Waals surface area contributed by atoms with E-state index in [2.05, 4.69) is 21.4 Å². The first kappa shape index (κ1) is 15.5.